The summed E-state index contributed by atoms with van der Waals surface area (Å²) in [6, 6.07) is 6.34. The number of nitrogens with one attached hydrogen (secondary N) is 1. The number of methoxy groups -OCH3 is 1. The van der Waals surface area contributed by atoms with Crippen molar-refractivity contribution in [2.75, 3.05) is 12.4 Å². The molecule has 0 aliphatic carbocycles. The lowest BCUT2D eigenvalue weighted by molar-refractivity contribution is 0.409. The number of thiazole rings is 1. The van der Waals surface area contributed by atoms with E-state index in [4.69, 9.17) is 10.00 Å². The van der Waals surface area contributed by atoms with Crippen molar-refractivity contribution in [1.82, 2.24) is 4.98 Å². The van der Waals surface area contributed by atoms with Gasteiger partial charge in [0.05, 0.1) is 13.3 Å². The summed E-state index contributed by atoms with van der Waals surface area (Å²) < 4.78 is 18.3. The second-order valence-electron chi connectivity index (χ2n) is 3.45. The van der Waals surface area contributed by atoms with Gasteiger partial charge in [0.2, 0.25) is 0 Å². The Bertz CT molecular complexity index is 591. The number of hydrogen-bond donors (Lipinski definition) is 1. The topological polar surface area (TPSA) is 57.9 Å². The fraction of sp³-hybridized carbons (Fsp3) is 0.167. The van der Waals surface area contributed by atoms with Crippen LogP contribution in [0, 0.1) is 17.1 Å². The first kappa shape index (κ1) is 12.3. The van der Waals surface area contributed by atoms with Crippen molar-refractivity contribution in [3.63, 3.8) is 0 Å². The molecule has 1 heterocycles. The molecule has 0 saturated carbocycles. The van der Waals surface area contributed by atoms with Gasteiger partial charge in [-0.2, -0.15) is 5.26 Å². The molecular formula is C12H10FN3OS. The average molecular weight is 263 g/mol. The number of nitrogens with zero attached hydrogens (tertiary/aromatic N) is 2. The molecule has 4 nitrogen and oxygen atoms in total. The summed E-state index contributed by atoms with van der Waals surface area (Å²) in [6.45, 7) is 0.388. The molecule has 0 atom stereocenters. The third kappa shape index (κ3) is 2.76. The lowest BCUT2D eigenvalue weighted by Gasteiger charge is -2.08. The van der Waals surface area contributed by atoms with Gasteiger partial charge in [-0.25, -0.2) is 9.37 Å². The first-order chi connectivity index (χ1) is 8.72. The van der Waals surface area contributed by atoms with Gasteiger partial charge in [-0.05, 0) is 18.2 Å². The zero-order chi connectivity index (χ0) is 13.0. The number of anilines is 1. The number of ether oxygens (including phenoxy) is 1. The summed E-state index contributed by atoms with van der Waals surface area (Å²) >= 11 is 1.25. The van der Waals surface area contributed by atoms with Crippen LogP contribution in [0.2, 0.25) is 0 Å². The maximum absolute atomic E-state index is 13.1. The summed E-state index contributed by atoms with van der Waals surface area (Å²) in [7, 11) is 1.54. The van der Waals surface area contributed by atoms with Crippen molar-refractivity contribution >= 4 is 16.5 Å². The molecule has 2 aromatic rings. The second kappa shape index (κ2) is 5.47. The van der Waals surface area contributed by atoms with E-state index in [2.05, 4.69) is 10.3 Å². The third-order valence-electron chi connectivity index (χ3n) is 2.29. The maximum Gasteiger partial charge on any atom is 0.184 e. The van der Waals surface area contributed by atoms with E-state index in [0.29, 0.717) is 27.9 Å². The lowest BCUT2D eigenvalue weighted by atomic mass is 10.2. The van der Waals surface area contributed by atoms with Crippen molar-refractivity contribution in [2.45, 2.75) is 6.54 Å². The molecule has 0 amide bonds. The molecule has 0 fully saturated rings. The summed E-state index contributed by atoms with van der Waals surface area (Å²) in [5.41, 5.74) is 0.700. The van der Waals surface area contributed by atoms with Crippen molar-refractivity contribution in [1.29, 1.82) is 5.26 Å². The van der Waals surface area contributed by atoms with E-state index >= 15 is 0 Å². The Labute approximate surface area is 108 Å². The zero-order valence-corrected chi connectivity index (χ0v) is 10.4. The van der Waals surface area contributed by atoms with Crippen LogP contribution >= 0.6 is 11.3 Å². The first-order valence-corrected chi connectivity index (χ1v) is 5.97. The summed E-state index contributed by atoms with van der Waals surface area (Å²) in [5.74, 6) is 0.297. The van der Waals surface area contributed by atoms with Gasteiger partial charge >= 0.3 is 0 Å². The summed E-state index contributed by atoms with van der Waals surface area (Å²) in [5, 5.41) is 12.3. The number of aromatic nitrogens is 1. The van der Waals surface area contributed by atoms with Crippen LogP contribution in [-0.4, -0.2) is 12.1 Å². The molecule has 0 spiro atoms. The van der Waals surface area contributed by atoms with Gasteiger partial charge in [-0.1, -0.05) is 11.3 Å². The summed E-state index contributed by atoms with van der Waals surface area (Å²) in [4.78, 5) is 4.56. The van der Waals surface area contributed by atoms with Crippen LogP contribution in [0.5, 0.6) is 5.75 Å². The predicted octanol–water partition coefficient (Wildman–Crippen LogP) is 2.77. The van der Waals surface area contributed by atoms with E-state index in [1.54, 1.807) is 6.07 Å². The number of hydrogen-bond acceptors (Lipinski definition) is 5. The number of halogens is 1. The van der Waals surface area contributed by atoms with Gasteiger partial charge in [-0.15, -0.1) is 0 Å². The highest BCUT2D eigenvalue weighted by Gasteiger charge is 2.06. The minimum Gasteiger partial charge on any atom is -0.496 e. The van der Waals surface area contributed by atoms with Crippen molar-refractivity contribution in [2.24, 2.45) is 0 Å². The maximum atomic E-state index is 13.1. The molecule has 18 heavy (non-hydrogen) atoms. The largest absolute Gasteiger partial charge is 0.496 e. The monoisotopic (exact) mass is 263 g/mol. The van der Waals surface area contributed by atoms with Crippen LogP contribution in [-0.2, 0) is 6.54 Å². The van der Waals surface area contributed by atoms with E-state index in [1.807, 2.05) is 6.07 Å². The van der Waals surface area contributed by atoms with E-state index < -0.39 is 0 Å². The van der Waals surface area contributed by atoms with Gasteiger partial charge in [0.15, 0.2) is 5.13 Å². The Kier molecular flexibility index (Phi) is 3.75. The Morgan fingerprint density at radius 1 is 1.56 bits per heavy atom. The highest BCUT2D eigenvalue weighted by Crippen LogP contribution is 2.22. The fourth-order valence-corrected chi connectivity index (χ4v) is 2.07. The van der Waals surface area contributed by atoms with Crippen LogP contribution in [0.1, 0.15) is 10.4 Å². The van der Waals surface area contributed by atoms with E-state index in [0.717, 1.165) is 0 Å². The van der Waals surface area contributed by atoms with Crippen molar-refractivity contribution in [3.05, 3.63) is 40.7 Å². The molecule has 0 saturated heterocycles. The highest BCUT2D eigenvalue weighted by molar-refractivity contribution is 7.16. The molecule has 0 bridgehead atoms. The second-order valence-corrected chi connectivity index (χ2v) is 4.48. The quantitative estimate of drug-likeness (QED) is 0.921. The molecule has 2 rings (SSSR count). The molecule has 0 unspecified atom stereocenters. The standard InChI is InChI=1S/C12H10FN3OS/c1-17-11-3-2-9(13)4-8(11)6-15-12-16-7-10(5-14)18-12/h2-4,7H,6H2,1H3,(H,15,16). The molecule has 0 aliphatic rings. The smallest absolute Gasteiger partial charge is 0.184 e. The number of nitriles is 1. The Hall–Kier alpha value is -2.13. The Morgan fingerprint density at radius 2 is 2.39 bits per heavy atom. The Balaban J connectivity index is 2.10. The fourth-order valence-electron chi connectivity index (χ4n) is 1.46. The van der Waals surface area contributed by atoms with E-state index in [1.165, 1.54) is 36.8 Å². The van der Waals surface area contributed by atoms with Gasteiger partial charge < -0.3 is 10.1 Å². The van der Waals surface area contributed by atoms with Crippen LogP contribution < -0.4 is 10.1 Å². The molecular weight excluding hydrogens is 253 g/mol. The molecule has 1 N–H and O–H groups in total. The SMILES string of the molecule is COc1ccc(F)cc1CNc1ncc(C#N)s1. The third-order valence-corrected chi connectivity index (χ3v) is 3.15. The van der Waals surface area contributed by atoms with Crippen LogP contribution in [0.3, 0.4) is 0 Å². The molecule has 0 radical (unpaired) electrons. The highest BCUT2D eigenvalue weighted by atomic mass is 32.1. The Morgan fingerprint density at radius 3 is 3.06 bits per heavy atom. The zero-order valence-electron chi connectivity index (χ0n) is 9.61. The average Bonchev–Trinajstić information content (AvgIpc) is 2.84. The minimum absolute atomic E-state index is 0.315. The lowest BCUT2D eigenvalue weighted by Crippen LogP contribution is -2.01. The van der Waals surface area contributed by atoms with Crippen LogP contribution in [0.15, 0.2) is 24.4 Å². The number of rotatable bonds is 4. The minimum atomic E-state index is -0.315. The molecule has 1 aromatic carbocycles. The summed E-state index contributed by atoms with van der Waals surface area (Å²) in [6.07, 6.45) is 1.50. The van der Waals surface area contributed by atoms with Gasteiger partial charge in [-0.3, -0.25) is 0 Å². The number of benzene rings is 1. The molecule has 6 heteroatoms. The van der Waals surface area contributed by atoms with Gasteiger partial charge in [0, 0.05) is 12.1 Å². The molecule has 0 aliphatic heterocycles. The van der Waals surface area contributed by atoms with Crippen molar-refractivity contribution in [3.8, 4) is 11.8 Å². The van der Waals surface area contributed by atoms with Crippen LogP contribution in [0.25, 0.3) is 0 Å². The van der Waals surface area contributed by atoms with Gasteiger partial charge in [0.25, 0.3) is 0 Å². The normalized spacial score (nSPS) is 9.83. The van der Waals surface area contributed by atoms with E-state index in [9.17, 15) is 4.39 Å². The molecule has 92 valence electrons. The molecule has 1 aromatic heterocycles. The predicted molar refractivity (Wildman–Crippen MR) is 67.1 cm³/mol. The van der Waals surface area contributed by atoms with Gasteiger partial charge in [0.1, 0.15) is 22.5 Å². The van der Waals surface area contributed by atoms with E-state index in [-0.39, 0.29) is 5.82 Å². The van der Waals surface area contributed by atoms with Crippen LogP contribution in [0.4, 0.5) is 9.52 Å². The van der Waals surface area contributed by atoms with Crippen molar-refractivity contribution < 1.29 is 9.13 Å². The first-order valence-electron chi connectivity index (χ1n) is 5.15.